The van der Waals surface area contributed by atoms with Crippen molar-refractivity contribution in [3.05, 3.63) is 137 Å². The number of aryl methyl sites for hydroxylation is 1. The second kappa shape index (κ2) is 35.7. The van der Waals surface area contributed by atoms with Crippen LogP contribution in [-0.2, 0) is 60.9 Å². The van der Waals surface area contributed by atoms with E-state index in [0.717, 1.165) is 67.3 Å². The molecule has 3 heterocycles. The lowest BCUT2D eigenvalue weighted by molar-refractivity contribution is -0.143. The summed E-state index contributed by atoms with van der Waals surface area (Å²) in [6.07, 6.45) is 5.40. The number of likely N-dealkylation sites (N-methyl/N-ethyl adjacent to an activating group) is 2. The summed E-state index contributed by atoms with van der Waals surface area (Å²) in [4.78, 5) is 65.6. The van der Waals surface area contributed by atoms with E-state index in [2.05, 4.69) is 48.1 Å². The second-order valence-corrected chi connectivity index (χ2v) is 22.0. The smallest absolute Gasteiger partial charge is 0.325 e. The highest BCUT2D eigenvalue weighted by molar-refractivity contribution is 7.14. The molecule has 86 heavy (non-hydrogen) atoms. The molecule has 464 valence electrons. The summed E-state index contributed by atoms with van der Waals surface area (Å²) in [6, 6.07) is 28.2. The SMILES string of the molecule is COc1ccc(CNC(=O)C(c2ccc(OC)cc2)N(C(=O)CCc2ccc(OCCCCN(C)CCOCCOCCc3cn(CCOCCOc4ccc(NC(=O)Nc5nc(CC(=O)N6CCN(C)CC6)cs5)cc4)nn3)cc2)C(C)C)cc1. The van der Waals surface area contributed by atoms with Crippen molar-refractivity contribution in [1.82, 2.24) is 44.9 Å². The number of ether oxygens (including phenoxy) is 7. The van der Waals surface area contributed by atoms with Gasteiger partial charge in [-0.2, -0.15) is 0 Å². The molecule has 0 radical (unpaired) electrons. The number of amides is 5. The molecule has 4 aromatic carbocycles. The van der Waals surface area contributed by atoms with E-state index < -0.39 is 12.1 Å². The fraction of sp³-hybridized carbons (Fsp3) is 0.476. The van der Waals surface area contributed by atoms with Gasteiger partial charge in [-0.15, -0.1) is 16.4 Å². The van der Waals surface area contributed by atoms with Crippen LogP contribution in [0.4, 0.5) is 15.6 Å². The molecule has 2 aromatic heterocycles. The number of methoxy groups -OCH3 is 2. The van der Waals surface area contributed by atoms with Crippen LogP contribution in [0.25, 0.3) is 0 Å². The first-order valence-corrected chi connectivity index (χ1v) is 30.3. The summed E-state index contributed by atoms with van der Waals surface area (Å²) in [5.41, 5.74) is 4.70. The summed E-state index contributed by atoms with van der Waals surface area (Å²) in [6.45, 7) is 13.6. The highest BCUT2D eigenvalue weighted by Gasteiger charge is 2.33. The zero-order valence-corrected chi connectivity index (χ0v) is 51.4. The normalized spacial score (nSPS) is 12.9. The zero-order chi connectivity index (χ0) is 60.9. The fourth-order valence-corrected chi connectivity index (χ4v) is 10.0. The van der Waals surface area contributed by atoms with E-state index in [-0.39, 0.29) is 36.6 Å². The molecule has 6 aromatic rings. The standard InChI is InChI=1S/C63H85N11O11S/c1-47(2)74(60(50-14-22-55(80-6)23-15-50)61(77)64-44-49-11-18-54(79-5)19-12-49)58(75)26-13-48-9-20-56(21-10-48)84-35-8-7-28-70(3)33-37-82-40-39-81-36-27-52-45-73(69-68-52)34-38-83-41-42-85-57-24-16-51(17-25-57)65-62(78)67-63-66-53(46-86-63)43-59(76)72-31-29-71(4)30-32-72/h9-12,14-25,45-47,60H,7-8,13,26-44H2,1-6H3,(H,64,77)(H2,65,66,67,78). The number of unbranched alkanes of at least 4 members (excludes halogenated alkanes) is 1. The van der Waals surface area contributed by atoms with Crippen LogP contribution in [0.3, 0.4) is 0 Å². The molecular formula is C63H85N11O11S. The molecule has 1 atom stereocenters. The highest BCUT2D eigenvalue weighted by atomic mass is 32.1. The Balaban J connectivity index is 0.668. The third-order valence-electron chi connectivity index (χ3n) is 14.3. The van der Waals surface area contributed by atoms with Crippen LogP contribution < -0.4 is 34.9 Å². The van der Waals surface area contributed by atoms with E-state index in [1.165, 1.54) is 11.3 Å². The van der Waals surface area contributed by atoms with Gasteiger partial charge >= 0.3 is 6.03 Å². The molecule has 0 saturated carbocycles. The summed E-state index contributed by atoms with van der Waals surface area (Å²) in [5.74, 6) is 2.50. The van der Waals surface area contributed by atoms with Gasteiger partial charge in [0, 0.05) is 75.4 Å². The molecule has 1 saturated heterocycles. The van der Waals surface area contributed by atoms with E-state index in [0.29, 0.717) is 125 Å². The largest absolute Gasteiger partial charge is 0.497 e. The maximum Gasteiger partial charge on any atom is 0.325 e. The summed E-state index contributed by atoms with van der Waals surface area (Å²) in [5, 5.41) is 19.3. The zero-order valence-electron chi connectivity index (χ0n) is 50.6. The van der Waals surface area contributed by atoms with E-state index in [4.69, 9.17) is 33.2 Å². The first-order valence-electron chi connectivity index (χ1n) is 29.4. The number of rotatable bonds is 37. The van der Waals surface area contributed by atoms with Gasteiger partial charge in [0.1, 0.15) is 35.6 Å². The molecule has 22 nitrogen and oxygen atoms in total. The summed E-state index contributed by atoms with van der Waals surface area (Å²) >= 11 is 1.28. The quantitative estimate of drug-likeness (QED) is 0.0323. The lowest BCUT2D eigenvalue weighted by Gasteiger charge is -2.35. The number of carbonyl (C=O) groups excluding carboxylic acids is 4. The number of nitrogens with zero attached hydrogens (tertiary/aromatic N) is 8. The maximum atomic E-state index is 14.0. The Hall–Kier alpha value is -7.67. The van der Waals surface area contributed by atoms with Crippen molar-refractivity contribution in [3.8, 4) is 23.0 Å². The van der Waals surface area contributed by atoms with Crippen LogP contribution in [0.5, 0.6) is 23.0 Å². The number of carbonyl (C=O) groups is 4. The Morgan fingerprint density at radius 2 is 1.29 bits per heavy atom. The Labute approximate surface area is 509 Å². The van der Waals surface area contributed by atoms with Gasteiger partial charge in [0.2, 0.25) is 17.7 Å². The molecule has 5 amide bonds. The molecule has 7 rings (SSSR count). The van der Waals surface area contributed by atoms with Gasteiger partial charge in [-0.25, -0.2) is 14.5 Å². The third-order valence-corrected chi connectivity index (χ3v) is 15.1. The molecule has 1 aliphatic heterocycles. The highest BCUT2D eigenvalue weighted by Crippen LogP contribution is 2.28. The van der Waals surface area contributed by atoms with Crippen LogP contribution >= 0.6 is 11.3 Å². The van der Waals surface area contributed by atoms with Gasteiger partial charge in [0.25, 0.3) is 0 Å². The molecular weight excluding hydrogens is 1120 g/mol. The van der Waals surface area contributed by atoms with Crippen molar-refractivity contribution >= 4 is 45.9 Å². The van der Waals surface area contributed by atoms with Crippen LogP contribution in [-0.4, -0.2) is 190 Å². The Morgan fingerprint density at radius 1 is 0.663 bits per heavy atom. The van der Waals surface area contributed by atoms with E-state index in [9.17, 15) is 19.2 Å². The summed E-state index contributed by atoms with van der Waals surface area (Å²) in [7, 11) is 7.35. The predicted molar refractivity (Wildman–Crippen MR) is 330 cm³/mol. The topological polar surface area (TPSA) is 226 Å². The molecule has 1 unspecified atom stereocenters. The van der Waals surface area contributed by atoms with E-state index >= 15 is 0 Å². The number of anilines is 2. The van der Waals surface area contributed by atoms with Crippen LogP contribution in [0.15, 0.2) is 109 Å². The number of aromatic nitrogens is 4. The van der Waals surface area contributed by atoms with Crippen molar-refractivity contribution in [1.29, 1.82) is 0 Å². The van der Waals surface area contributed by atoms with Gasteiger partial charge in [-0.1, -0.05) is 41.6 Å². The average molecular weight is 1200 g/mol. The molecule has 23 heteroatoms. The minimum atomic E-state index is -0.831. The van der Waals surface area contributed by atoms with Crippen LogP contribution in [0.2, 0.25) is 0 Å². The van der Waals surface area contributed by atoms with Gasteiger partial charge in [0.05, 0.1) is 84.8 Å². The molecule has 0 bridgehead atoms. The third kappa shape index (κ3) is 22.6. The first-order chi connectivity index (χ1) is 41.8. The number of hydrogen-bond acceptors (Lipinski definition) is 17. The van der Waals surface area contributed by atoms with E-state index in [1.54, 1.807) is 53.4 Å². The van der Waals surface area contributed by atoms with Gasteiger partial charge in [0.15, 0.2) is 5.13 Å². The molecule has 0 spiro atoms. The lowest BCUT2D eigenvalue weighted by atomic mass is 10.0. The Morgan fingerprint density at radius 3 is 1.99 bits per heavy atom. The van der Waals surface area contributed by atoms with Crippen molar-refractivity contribution in [2.45, 2.75) is 77.5 Å². The van der Waals surface area contributed by atoms with Gasteiger partial charge in [-0.3, -0.25) is 19.7 Å². The second-order valence-electron chi connectivity index (χ2n) is 21.2. The van der Waals surface area contributed by atoms with Crippen molar-refractivity contribution in [2.24, 2.45) is 0 Å². The number of urea groups is 1. The number of hydrogen-bond donors (Lipinski definition) is 3. The number of thiazole rings is 1. The number of nitrogens with one attached hydrogen (secondary N) is 3. The molecule has 3 N–H and O–H groups in total. The van der Waals surface area contributed by atoms with Crippen molar-refractivity contribution in [2.75, 3.05) is 131 Å². The van der Waals surface area contributed by atoms with Crippen molar-refractivity contribution in [3.63, 3.8) is 0 Å². The minimum Gasteiger partial charge on any atom is -0.497 e. The summed E-state index contributed by atoms with van der Waals surface area (Å²) < 4.78 is 41.6. The van der Waals surface area contributed by atoms with Gasteiger partial charge in [-0.05, 0) is 131 Å². The Bertz CT molecular complexity index is 2960. The monoisotopic (exact) mass is 1200 g/mol. The first kappa shape index (κ1) is 65.9. The maximum absolute atomic E-state index is 14.0. The van der Waals surface area contributed by atoms with E-state index in [1.807, 2.05) is 105 Å². The molecule has 1 fully saturated rings. The lowest BCUT2D eigenvalue weighted by Crippen LogP contribution is -2.47. The van der Waals surface area contributed by atoms with Crippen LogP contribution in [0, 0.1) is 0 Å². The minimum absolute atomic E-state index is 0.0458. The molecule has 1 aliphatic rings. The predicted octanol–water partition coefficient (Wildman–Crippen LogP) is 7.40. The number of benzene rings is 4. The molecule has 0 aliphatic carbocycles. The van der Waals surface area contributed by atoms with Crippen LogP contribution in [0.1, 0.15) is 67.2 Å². The van der Waals surface area contributed by atoms with Crippen molar-refractivity contribution < 1.29 is 52.3 Å². The average Bonchev–Trinajstić information content (AvgIpc) is 4.35. The fourth-order valence-electron chi connectivity index (χ4n) is 9.32. The number of piperazine rings is 1. The Kier molecular flexibility index (Phi) is 27.3. The van der Waals surface area contributed by atoms with Gasteiger partial charge < -0.3 is 63.4 Å².